The average Bonchev–Trinajstić information content (AvgIpc) is 3.39. The van der Waals surface area contributed by atoms with E-state index < -0.39 is 0 Å². The second-order valence-corrected chi connectivity index (χ2v) is 7.73. The molecule has 0 spiro atoms. The van der Waals surface area contributed by atoms with E-state index in [-0.39, 0.29) is 5.78 Å². The fourth-order valence-corrected chi connectivity index (χ4v) is 3.87. The van der Waals surface area contributed by atoms with Gasteiger partial charge in [-0.1, -0.05) is 35.9 Å². The van der Waals surface area contributed by atoms with Crippen LogP contribution in [-0.2, 0) is 13.5 Å². The van der Waals surface area contributed by atoms with Gasteiger partial charge in [0.1, 0.15) is 17.3 Å². The van der Waals surface area contributed by atoms with E-state index in [4.69, 9.17) is 21.3 Å². The normalized spacial score (nSPS) is 10.9. The first-order valence-corrected chi connectivity index (χ1v) is 10.2. The fourth-order valence-electron chi connectivity index (χ4n) is 3.14. The summed E-state index contributed by atoms with van der Waals surface area (Å²) in [4.78, 5) is 21.1. The smallest absolute Gasteiger partial charge is 0.186 e. The molecule has 2 aromatic heterocycles. The number of ether oxygens (including phenoxy) is 1. The second kappa shape index (κ2) is 8.19. The number of hydrogen-bond donors (Lipinski definition) is 0. The van der Waals surface area contributed by atoms with Crippen molar-refractivity contribution in [2.45, 2.75) is 6.42 Å². The highest BCUT2D eigenvalue weighted by molar-refractivity contribution is 7.07. The zero-order valence-corrected chi connectivity index (χ0v) is 17.5. The maximum Gasteiger partial charge on any atom is 0.186 e. The number of nitrogens with zero attached hydrogens (tertiary/aromatic N) is 3. The molecule has 2 heterocycles. The maximum absolute atomic E-state index is 12.2. The molecule has 2 aromatic carbocycles. The zero-order chi connectivity index (χ0) is 20.4. The number of thiazole rings is 1. The van der Waals surface area contributed by atoms with Crippen molar-refractivity contribution in [3.05, 3.63) is 75.8 Å². The van der Waals surface area contributed by atoms with Crippen molar-refractivity contribution in [3.63, 3.8) is 0 Å². The van der Waals surface area contributed by atoms with Crippen molar-refractivity contribution in [1.82, 2.24) is 14.5 Å². The van der Waals surface area contributed by atoms with E-state index in [9.17, 15) is 4.79 Å². The van der Waals surface area contributed by atoms with E-state index in [1.807, 2.05) is 54.2 Å². The van der Waals surface area contributed by atoms with Gasteiger partial charge < -0.3 is 9.30 Å². The van der Waals surface area contributed by atoms with Gasteiger partial charge in [-0.15, -0.1) is 11.3 Å². The molecule has 0 amide bonds. The van der Waals surface area contributed by atoms with Gasteiger partial charge in [-0.25, -0.2) is 9.97 Å². The van der Waals surface area contributed by atoms with E-state index in [1.165, 1.54) is 11.3 Å². The van der Waals surface area contributed by atoms with Crippen molar-refractivity contribution < 1.29 is 9.53 Å². The third-order valence-electron chi connectivity index (χ3n) is 4.61. The summed E-state index contributed by atoms with van der Waals surface area (Å²) in [5.41, 5.74) is 5.71. The molecule has 0 saturated carbocycles. The molecule has 0 atom stereocenters. The van der Waals surface area contributed by atoms with Crippen molar-refractivity contribution >= 4 is 28.7 Å². The molecule has 0 aliphatic heterocycles. The third-order valence-corrected chi connectivity index (χ3v) is 5.43. The van der Waals surface area contributed by atoms with E-state index in [2.05, 4.69) is 4.98 Å². The minimum Gasteiger partial charge on any atom is -0.496 e. The number of halogens is 1. The summed E-state index contributed by atoms with van der Waals surface area (Å²) in [7, 11) is 3.57. The number of Topliss-reactive ketones (excluding diaryl/α,β-unsaturated/α-hetero) is 1. The molecule has 5 nitrogen and oxygen atoms in total. The minimum absolute atomic E-state index is 0.0197. The van der Waals surface area contributed by atoms with Gasteiger partial charge in [-0.3, -0.25) is 4.79 Å². The molecule has 0 unspecified atom stereocenters. The summed E-state index contributed by atoms with van der Waals surface area (Å²) >= 11 is 7.59. The van der Waals surface area contributed by atoms with Crippen LogP contribution in [0.25, 0.3) is 22.6 Å². The van der Waals surface area contributed by atoms with Gasteiger partial charge in [0.2, 0.25) is 0 Å². The zero-order valence-electron chi connectivity index (χ0n) is 15.9. The Kier molecular flexibility index (Phi) is 5.47. The first-order chi connectivity index (χ1) is 14.0. The Morgan fingerprint density at radius 1 is 1.21 bits per heavy atom. The number of benzene rings is 2. The van der Waals surface area contributed by atoms with Crippen molar-refractivity contribution in [2.75, 3.05) is 7.11 Å². The highest BCUT2D eigenvalue weighted by Gasteiger charge is 2.14. The molecule has 0 saturated heterocycles. The Morgan fingerprint density at radius 2 is 2.00 bits per heavy atom. The average molecular weight is 424 g/mol. The lowest BCUT2D eigenvalue weighted by Gasteiger charge is -2.06. The van der Waals surface area contributed by atoms with Crippen LogP contribution in [0.3, 0.4) is 0 Å². The second-order valence-electron chi connectivity index (χ2n) is 6.58. The molecule has 0 bridgehead atoms. The van der Waals surface area contributed by atoms with E-state index in [0.29, 0.717) is 17.1 Å². The Bertz CT molecular complexity index is 1150. The molecule has 146 valence electrons. The van der Waals surface area contributed by atoms with E-state index in [0.717, 1.165) is 34.0 Å². The summed E-state index contributed by atoms with van der Waals surface area (Å²) < 4.78 is 7.41. The van der Waals surface area contributed by atoms with Gasteiger partial charge in [0.25, 0.3) is 0 Å². The van der Waals surface area contributed by atoms with Crippen LogP contribution in [0.2, 0.25) is 5.02 Å². The Labute approximate surface area is 177 Å². The van der Waals surface area contributed by atoms with Crippen LogP contribution in [-0.4, -0.2) is 27.4 Å². The molecule has 0 fully saturated rings. The van der Waals surface area contributed by atoms with E-state index >= 15 is 0 Å². The SMILES string of the molecule is COc1ccc(Cl)cc1-c1cn(C)c(-c2ccc(CC(=O)c3cscn3)cc2)n1. The number of carbonyl (C=O) groups excluding carboxylic acids is 1. The van der Waals surface area contributed by atoms with Crippen LogP contribution < -0.4 is 4.74 Å². The number of imidazole rings is 1. The Balaban J connectivity index is 1.60. The molecule has 0 N–H and O–H groups in total. The molecule has 0 aliphatic carbocycles. The molecule has 7 heteroatoms. The number of rotatable bonds is 6. The summed E-state index contributed by atoms with van der Waals surface area (Å²) in [5, 5.41) is 2.40. The molecule has 4 aromatic rings. The van der Waals surface area contributed by atoms with Crippen molar-refractivity contribution in [3.8, 4) is 28.4 Å². The van der Waals surface area contributed by atoms with Crippen LogP contribution in [0, 0.1) is 0 Å². The highest BCUT2D eigenvalue weighted by Crippen LogP contribution is 2.33. The van der Waals surface area contributed by atoms with Gasteiger partial charge in [0.05, 0.1) is 18.3 Å². The number of ketones is 1. The number of methoxy groups -OCH3 is 1. The Hall–Kier alpha value is -2.96. The first kappa shape index (κ1) is 19.4. The Morgan fingerprint density at radius 3 is 2.69 bits per heavy atom. The molecule has 4 rings (SSSR count). The van der Waals surface area contributed by atoms with E-state index in [1.54, 1.807) is 24.1 Å². The van der Waals surface area contributed by atoms with Crippen LogP contribution in [0.15, 0.2) is 59.6 Å². The lowest BCUT2D eigenvalue weighted by Crippen LogP contribution is -2.03. The lowest BCUT2D eigenvalue weighted by atomic mass is 10.1. The fraction of sp³-hybridized carbons (Fsp3) is 0.136. The summed E-state index contributed by atoms with van der Waals surface area (Å²) in [5.74, 6) is 1.56. The summed E-state index contributed by atoms with van der Waals surface area (Å²) in [6, 6.07) is 13.3. The highest BCUT2D eigenvalue weighted by atomic mass is 35.5. The first-order valence-electron chi connectivity index (χ1n) is 8.93. The van der Waals surface area contributed by atoms with Crippen LogP contribution >= 0.6 is 22.9 Å². The molecule has 29 heavy (non-hydrogen) atoms. The monoisotopic (exact) mass is 423 g/mol. The van der Waals surface area contributed by atoms with Gasteiger partial charge in [-0.05, 0) is 23.8 Å². The summed E-state index contributed by atoms with van der Waals surface area (Å²) in [6.45, 7) is 0. The van der Waals surface area contributed by atoms with Gasteiger partial charge in [-0.2, -0.15) is 0 Å². The number of carbonyl (C=O) groups is 1. The standard InChI is InChI=1S/C22H18ClN3O2S/c1-26-11-18(17-10-16(23)7-8-21(17)28-2)25-22(26)15-5-3-14(4-6-15)9-20(27)19-12-29-13-24-19/h3-8,10-13H,9H2,1-2H3. The summed E-state index contributed by atoms with van der Waals surface area (Å²) in [6.07, 6.45) is 2.28. The minimum atomic E-state index is 0.0197. The predicted molar refractivity (Wildman–Crippen MR) is 116 cm³/mol. The lowest BCUT2D eigenvalue weighted by molar-refractivity contribution is 0.0989. The predicted octanol–water partition coefficient (Wildman–Crippen LogP) is 5.30. The number of aryl methyl sites for hydroxylation is 1. The molecular weight excluding hydrogens is 406 g/mol. The van der Waals surface area contributed by atoms with Crippen LogP contribution in [0.4, 0.5) is 0 Å². The van der Waals surface area contributed by atoms with Gasteiger partial charge in [0, 0.05) is 41.2 Å². The largest absolute Gasteiger partial charge is 0.496 e. The number of aromatic nitrogens is 3. The van der Waals surface area contributed by atoms with Crippen molar-refractivity contribution in [1.29, 1.82) is 0 Å². The van der Waals surface area contributed by atoms with Crippen LogP contribution in [0.5, 0.6) is 5.75 Å². The third kappa shape index (κ3) is 4.09. The number of hydrogen-bond acceptors (Lipinski definition) is 5. The van der Waals surface area contributed by atoms with Gasteiger partial charge >= 0.3 is 0 Å². The molecule has 0 radical (unpaired) electrons. The molecule has 0 aliphatic rings. The topological polar surface area (TPSA) is 57.0 Å². The van der Waals surface area contributed by atoms with Gasteiger partial charge in [0.15, 0.2) is 5.78 Å². The van der Waals surface area contributed by atoms with Crippen molar-refractivity contribution in [2.24, 2.45) is 7.05 Å². The molecular formula is C22H18ClN3O2S. The quantitative estimate of drug-likeness (QED) is 0.395. The van der Waals surface area contributed by atoms with Crippen LogP contribution in [0.1, 0.15) is 16.1 Å². The maximum atomic E-state index is 12.2.